The summed E-state index contributed by atoms with van der Waals surface area (Å²) in [6.45, 7) is 7.65. The van der Waals surface area contributed by atoms with Gasteiger partial charge in [-0.05, 0) is 25.5 Å². The Bertz CT molecular complexity index is 357. The second-order valence-electron chi connectivity index (χ2n) is 5.70. The monoisotopic (exact) mass is 279 g/mol. The fourth-order valence-electron chi connectivity index (χ4n) is 2.77. The van der Waals surface area contributed by atoms with E-state index in [1.54, 1.807) is 0 Å². The molecule has 0 saturated carbocycles. The lowest BCUT2D eigenvalue weighted by atomic mass is 10.0. The second-order valence-corrected chi connectivity index (χ2v) is 5.70. The van der Waals surface area contributed by atoms with Gasteiger partial charge in [0.25, 0.3) is 0 Å². The second kappa shape index (κ2) is 9.98. The molecule has 0 amide bonds. The van der Waals surface area contributed by atoms with Crippen molar-refractivity contribution in [2.75, 3.05) is 6.54 Å². The molecule has 1 N–H and O–H groups in total. The Hall–Kier alpha value is -0.830. The minimum absolute atomic E-state index is 0.462. The zero-order chi connectivity index (χ0) is 14.8. The van der Waals surface area contributed by atoms with Gasteiger partial charge in [0.05, 0.1) is 11.4 Å². The van der Waals surface area contributed by atoms with Crippen LogP contribution in [0.25, 0.3) is 0 Å². The molecule has 1 atom stereocenters. The molecule has 0 saturated heterocycles. The molecule has 0 aromatic carbocycles. The van der Waals surface area contributed by atoms with Gasteiger partial charge in [-0.15, -0.1) is 0 Å². The maximum atomic E-state index is 4.58. The molecule has 1 aromatic rings. The predicted molar refractivity (Wildman–Crippen MR) is 87.0 cm³/mol. The number of aromatic nitrogens is 2. The van der Waals surface area contributed by atoms with Crippen molar-refractivity contribution in [3.8, 4) is 0 Å². The van der Waals surface area contributed by atoms with E-state index in [0.717, 1.165) is 13.0 Å². The van der Waals surface area contributed by atoms with Crippen LogP contribution in [0.1, 0.15) is 83.1 Å². The number of unbranched alkanes of at least 4 members (excludes halogenated alkanes) is 5. The van der Waals surface area contributed by atoms with E-state index in [9.17, 15) is 0 Å². The summed E-state index contributed by atoms with van der Waals surface area (Å²) < 4.78 is 2.06. The Balaban J connectivity index is 2.45. The van der Waals surface area contributed by atoms with Crippen molar-refractivity contribution in [3.63, 3.8) is 0 Å². The lowest BCUT2D eigenvalue weighted by Gasteiger charge is -2.18. The first-order valence-electron chi connectivity index (χ1n) is 8.49. The molecule has 0 spiro atoms. The fraction of sp³-hybridized carbons (Fsp3) is 0.824. The molecule has 3 nitrogen and oxygen atoms in total. The first-order valence-corrected chi connectivity index (χ1v) is 8.49. The predicted octanol–water partition coefficient (Wildman–Crippen LogP) is 4.38. The van der Waals surface area contributed by atoms with Crippen molar-refractivity contribution in [1.29, 1.82) is 0 Å². The summed E-state index contributed by atoms with van der Waals surface area (Å²) in [6, 6.07) is 2.73. The third kappa shape index (κ3) is 5.66. The Morgan fingerprint density at radius 1 is 1.10 bits per heavy atom. The summed E-state index contributed by atoms with van der Waals surface area (Å²) in [5.74, 6) is 0. The molecule has 0 radical (unpaired) electrons. The average Bonchev–Trinajstić information content (AvgIpc) is 2.82. The normalized spacial score (nSPS) is 12.8. The van der Waals surface area contributed by atoms with Crippen molar-refractivity contribution in [1.82, 2.24) is 15.1 Å². The van der Waals surface area contributed by atoms with Crippen LogP contribution in [0, 0.1) is 0 Å². The van der Waals surface area contributed by atoms with Crippen LogP contribution in [0.5, 0.6) is 0 Å². The highest BCUT2D eigenvalue weighted by atomic mass is 15.3. The molecule has 1 rings (SSSR count). The third-order valence-electron chi connectivity index (χ3n) is 3.98. The van der Waals surface area contributed by atoms with E-state index in [2.05, 4.69) is 49.0 Å². The minimum Gasteiger partial charge on any atom is -0.309 e. The molecule has 20 heavy (non-hydrogen) atoms. The summed E-state index contributed by atoms with van der Waals surface area (Å²) in [6.07, 6.45) is 10.4. The first-order chi connectivity index (χ1) is 9.72. The number of nitrogens with one attached hydrogen (secondary N) is 1. The average molecular weight is 279 g/mol. The lowest BCUT2D eigenvalue weighted by Crippen LogP contribution is -2.23. The van der Waals surface area contributed by atoms with Crippen LogP contribution in [-0.4, -0.2) is 16.3 Å². The van der Waals surface area contributed by atoms with Crippen molar-refractivity contribution in [3.05, 3.63) is 17.5 Å². The Kier molecular flexibility index (Phi) is 8.59. The van der Waals surface area contributed by atoms with Gasteiger partial charge in [0, 0.05) is 13.1 Å². The largest absolute Gasteiger partial charge is 0.309 e. The van der Waals surface area contributed by atoms with E-state index in [1.165, 1.54) is 56.3 Å². The summed E-state index contributed by atoms with van der Waals surface area (Å²) >= 11 is 0. The molecular weight excluding hydrogens is 246 g/mol. The Morgan fingerprint density at radius 3 is 2.40 bits per heavy atom. The molecule has 0 bridgehead atoms. The number of hydrogen-bond acceptors (Lipinski definition) is 2. The number of nitrogens with zero attached hydrogens (tertiary/aromatic N) is 2. The number of rotatable bonds is 11. The molecule has 0 aliphatic rings. The van der Waals surface area contributed by atoms with Crippen LogP contribution in [0.2, 0.25) is 0 Å². The van der Waals surface area contributed by atoms with Crippen molar-refractivity contribution >= 4 is 0 Å². The van der Waals surface area contributed by atoms with Crippen LogP contribution in [0.4, 0.5) is 0 Å². The maximum absolute atomic E-state index is 4.58. The zero-order valence-corrected chi connectivity index (χ0v) is 13.9. The summed E-state index contributed by atoms with van der Waals surface area (Å²) in [4.78, 5) is 0. The maximum Gasteiger partial charge on any atom is 0.0625 e. The molecule has 1 heterocycles. The van der Waals surface area contributed by atoms with Crippen molar-refractivity contribution in [2.45, 2.75) is 78.2 Å². The van der Waals surface area contributed by atoms with Gasteiger partial charge in [0.1, 0.15) is 0 Å². The first kappa shape index (κ1) is 17.2. The molecule has 1 aromatic heterocycles. The summed E-state index contributed by atoms with van der Waals surface area (Å²) in [7, 11) is 2.07. The topological polar surface area (TPSA) is 29.9 Å². The van der Waals surface area contributed by atoms with Gasteiger partial charge >= 0.3 is 0 Å². The highest BCUT2D eigenvalue weighted by molar-refractivity contribution is 5.14. The van der Waals surface area contributed by atoms with E-state index < -0.39 is 0 Å². The quantitative estimate of drug-likeness (QED) is 0.609. The molecule has 0 aliphatic carbocycles. The fourth-order valence-corrected chi connectivity index (χ4v) is 2.77. The van der Waals surface area contributed by atoms with Gasteiger partial charge in [-0.3, -0.25) is 4.68 Å². The molecule has 0 aliphatic heterocycles. The molecule has 116 valence electrons. The third-order valence-corrected chi connectivity index (χ3v) is 3.98. The number of hydrogen-bond donors (Lipinski definition) is 1. The van der Waals surface area contributed by atoms with Crippen LogP contribution in [-0.2, 0) is 13.5 Å². The minimum atomic E-state index is 0.462. The van der Waals surface area contributed by atoms with Crippen molar-refractivity contribution < 1.29 is 0 Å². The van der Waals surface area contributed by atoms with Gasteiger partial charge in [-0.2, -0.15) is 5.10 Å². The van der Waals surface area contributed by atoms with Gasteiger partial charge in [0.2, 0.25) is 0 Å². The van der Waals surface area contributed by atoms with Gasteiger partial charge in [-0.1, -0.05) is 59.3 Å². The molecule has 3 heteroatoms. The van der Waals surface area contributed by atoms with Crippen LogP contribution in [0.3, 0.4) is 0 Å². The Labute approximate surface area is 125 Å². The van der Waals surface area contributed by atoms with Gasteiger partial charge in [0.15, 0.2) is 0 Å². The van der Waals surface area contributed by atoms with E-state index in [1.807, 2.05) is 0 Å². The summed E-state index contributed by atoms with van der Waals surface area (Å²) in [5, 5.41) is 8.20. The van der Waals surface area contributed by atoms with Gasteiger partial charge in [-0.25, -0.2) is 0 Å². The van der Waals surface area contributed by atoms with Crippen LogP contribution >= 0.6 is 0 Å². The highest BCUT2D eigenvalue weighted by Gasteiger charge is 2.15. The van der Waals surface area contributed by atoms with Crippen LogP contribution < -0.4 is 5.32 Å². The molecule has 1 unspecified atom stereocenters. The molecule has 0 fully saturated rings. The van der Waals surface area contributed by atoms with Crippen molar-refractivity contribution in [2.24, 2.45) is 7.05 Å². The Morgan fingerprint density at radius 2 is 1.80 bits per heavy atom. The van der Waals surface area contributed by atoms with E-state index in [0.29, 0.717) is 6.04 Å². The van der Waals surface area contributed by atoms with Gasteiger partial charge < -0.3 is 5.32 Å². The van der Waals surface area contributed by atoms with Crippen LogP contribution in [0.15, 0.2) is 6.07 Å². The van der Waals surface area contributed by atoms with E-state index >= 15 is 0 Å². The standard InChI is InChI=1S/C17H33N3/c1-5-8-9-10-11-12-13-16(18-7-3)17-14-15(6-2)19-20(17)4/h14,16,18H,5-13H2,1-4H3. The SMILES string of the molecule is CCCCCCCCC(NCC)c1cc(CC)nn1C. The number of aryl methyl sites for hydroxylation is 2. The molecular formula is C17H33N3. The zero-order valence-electron chi connectivity index (χ0n) is 13.9. The highest BCUT2D eigenvalue weighted by Crippen LogP contribution is 2.21. The lowest BCUT2D eigenvalue weighted by molar-refractivity contribution is 0.452. The smallest absolute Gasteiger partial charge is 0.0625 e. The summed E-state index contributed by atoms with van der Waals surface area (Å²) in [5.41, 5.74) is 2.55. The van der Waals surface area contributed by atoms with E-state index in [-0.39, 0.29) is 0 Å². The van der Waals surface area contributed by atoms with E-state index in [4.69, 9.17) is 0 Å².